The molecule has 0 radical (unpaired) electrons. The maximum absolute atomic E-state index is 13.8. The monoisotopic (exact) mass is 261 g/mol. The third-order valence-corrected chi connectivity index (χ3v) is 3.11. The molecular formula is C14H16FN3O. The number of amides is 1. The van der Waals surface area contributed by atoms with E-state index in [0.717, 1.165) is 12.8 Å². The molecule has 1 fully saturated rings. The van der Waals surface area contributed by atoms with Crippen LogP contribution in [0.1, 0.15) is 30.9 Å². The van der Waals surface area contributed by atoms with Gasteiger partial charge < -0.3 is 10.6 Å². The summed E-state index contributed by atoms with van der Waals surface area (Å²) in [5.41, 5.74) is 0.416. The lowest BCUT2D eigenvalue weighted by molar-refractivity contribution is -0.122. The number of carbonyl (C=O) groups excluding carboxylic acids is 1. The predicted molar refractivity (Wildman–Crippen MR) is 68.6 cm³/mol. The van der Waals surface area contributed by atoms with E-state index in [9.17, 15) is 9.18 Å². The molecule has 1 aromatic carbocycles. The highest BCUT2D eigenvalue weighted by molar-refractivity contribution is 5.81. The van der Waals surface area contributed by atoms with Crippen LogP contribution in [0, 0.1) is 17.1 Å². The zero-order valence-corrected chi connectivity index (χ0v) is 10.7. The summed E-state index contributed by atoms with van der Waals surface area (Å²) in [5, 5.41) is 14.6. The average molecular weight is 261 g/mol. The number of carbonyl (C=O) groups is 1. The number of nitriles is 1. The largest absolute Gasteiger partial charge is 0.352 e. The van der Waals surface area contributed by atoms with Crippen LogP contribution in [0.2, 0.25) is 0 Å². The summed E-state index contributed by atoms with van der Waals surface area (Å²) in [5.74, 6) is -0.591. The van der Waals surface area contributed by atoms with E-state index in [0.29, 0.717) is 11.6 Å². The molecule has 100 valence electrons. The number of rotatable bonds is 5. The van der Waals surface area contributed by atoms with E-state index in [2.05, 4.69) is 10.6 Å². The Morgan fingerprint density at radius 2 is 2.32 bits per heavy atom. The minimum atomic E-state index is -0.521. The van der Waals surface area contributed by atoms with E-state index in [1.807, 2.05) is 0 Å². The molecule has 19 heavy (non-hydrogen) atoms. The first-order valence-electron chi connectivity index (χ1n) is 6.33. The van der Waals surface area contributed by atoms with Crippen molar-refractivity contribution in [3.63, 3.8) is 0 Å². The molecule has 1 aliphatic rings. The number of hydrogen-bond acceptors (Lipinski definition) is 3. The third kappa shape index (κ3) is 3.52. The summed E-state index contributed by atoms with van der Waals surface area (Å²) in [4.78, 5) is 11.7. The Labute approximate surface area is 111 Å². The number of hydrogen-bond donors (Lipinski definition) is 2. The predicted octanol–water partition coefficient (Wildman–Crippen LogP) is 1.45. The molecular weight excluding hydrogens is 245 g/mol. The summed E-state index contributed by atoms with van der Waals surface area (Å²) in [7, 11) is 0. The SMILES string of the molecule is CC(NCc1cccc(C#N)c1F)C(=O)NC1CC1. The van der Waals surface area contributed by atoms with Crippen molar-refractivity contribution in [2.45, 2.75) is 38.4 Å². The molecule has 0 saturated heterocycles. The van der Waals surface area contributed by atoms with Gasteiger partial charge in [0.2, 0.25) is 5.91 Å². The van der Waals surface area contributed by atoms with Crippen LogP contribution in [0.3, 0.4) is 0 Å². The maximum atomic E-state index is 13.8. The fourth-order valence-electron chi connectivity index (χ4n) is 1.71. The van der Waals surface area contributed by atoms with Crippen LogP contribution in [-0.2, 0) is 11.3 Å². The van der Waals surface area contributed by atoms with E-state index >= 15 is 0 Å². The van der Waals surface area contributed by atoms with Crippen LogP contribution >= 0.6 is 0 Å². The second-order valence-corrected chi connectivity index (χ2v) is 4.78. The second-order valence-electron chi connectivity index (χ2n) is 4.78. The topological polar surface area (TPSA) is 64.9 Å². The molecule has 1 aromatic rings. The van der Waals surface area contributed by atoms with Gasteiger partial charge in [0.05, 0.1) is 11.6 Å². The van der Waals surface area contributed by atoms with E-state index in [-0.39, 0.29) is 24.1 Å². The summed E-state index contributed by atoms with van der Waals surface area (Å²) in [6, 6.07) is 6.40. The van der Waals surface area contributed by atoms with Gasteiger partial charge in [0.1, 0.15) is 11.9 Å². The van der Waals surface area contributed by atoms with Gasteiger partial charge in [-0.05, 0) is 25.8 Å². The first-order chi connectivity index (χ1) is 9.11. The van der Waals surface area contributed by atoms with Crippen LogP contribution in [-0.4, -0.2) is 18.0 Å². The Morgan fingerprint density at radius 1 is 1.58 bits per heavy atom. The highest BCUT2D eigenvalue weighted by Gasteiger charge is 2.25. The van der Waals surface area contributed by atoms with Gasteiger partial charge in [-0.15, -0.1) is 0 Å². The number of nitrogens with zero attached hydrogens (tertiary/aromatic N) is 1. The molecule has 1 atom stereocenters. The molecule has 0 heterocycles. The highest BCUT2D eigenvalue weighted by atomic mass is 19.1. The van der Waals surface area contributed by atoms with Gasteiger partial charge in [-0.25, -0.2) is 4.39 Å². The van der Waals surface area contributed by atoms with Crippen LogP contribution in [0.4, 0.5) is 4.39 Å². The standard InChI is InChI=1S/C14H16FN3O/c1-9(14(19)18-12-5-6-12)17-8-11-4-2-3-10(7-16)13(11)15/h2-4,9,12,17H,5-6,8H2,1H3,(H,18,19). The van der Waals surface area contributed by atoms with E-state index in [4.69, 9.17) is 5.26 Å². The van der Waals surface area contributed by atoms with Gasteiger partial charge in [0, 0.05) is 18.2 Å². The highest BCUT2D eigenvalue weighted by Crippen LogP contribution is 2.18. The molecule has 1 saturated carbocycles. The Balaban J connectivity index is 1.91. The molecule has 0 bridgehead atoms. The normalized spacial score (nSPS) is 15.6. The molecule has 0 spiro atoms. The molecule has 2 rings (SSSR count). The smallest absolute Gasteiger partial charge is 0.237 e. The lowest BCUT2D eigenvalue weighted by atomic mass is 10.1. The van der Waals surface area contributed by atoms with Crippen LogP contribution in [0.25, 0.3) is 0 Å². The van der Waals surface area contributed by atoms with Gasteiger partial charge in [-0.2, -0.15) is 5.26 Å². The van der Waals surface area contributed by atoms with E-state index < -0.39 is 5.82 Å². The van der Waals surface area contributed by atoms with Gasteiger partial charge >= 0.3 is 0 Å². The van der Waals surface area contributed by atoms with Gasteiger partial charge in [-0.3, -0.25) is 4.79 Å². The summed E-state index contributed by atoms with van der Waals surface area (Å²) in [6.45, 7) is 1.96. The van der Waals surface area contributed by atoms with Gasteiger partial charge in [0.15, 0.2) is 0 Å². The lowest BCUT2D eigenvalue weighted by Crippen LogP contribution is -2.42. The van der Waals surface area contributed by atoms with E-state index in [1.165, 1.54) is 6.07 Å². The summed E-state index contributed by atoms with van der Waals surface area (Å²) in [6.07, 6.45) is 2.08. The Kier molecular flexibility index (Phi) is 4.13. The Morgan fingerprint density at radius 3 is 2.95 bits per heavy atom. The zero-order valence-electron chi connectivity index (χ0n) is 10.7. The summed E-state index contributed by atoms with van der Waals surface area (Å²) < 4.78 is 13.8. The van der Waals surface area contributed by atoms with Crippen LogP contribution in [0.15, 0.2) is 18.2 Å². The van der Waals surface area contributed by atoms with Crippen LogP contribution < -0.4 is 10.6 Å². The molecule has 1 amide bonds. The third-order valence-electron chi connectivity index (χ3n) is 3.11. The molecule has 4 nitrogen and oxygen atoms in total. The van der Waals surface area contributed by atoms with Gasteiger partial charge in [-0.1, -0.05) is 12.1 Å². The van der Waals surface area contributed by atoms with Crippen molar-refractivity contribution >= 4 is 5.91 Å². The van der Waals surface area contributed by atoms with E-state index in [1.54, 1.807) is 25.1 Å². The van der Waals surface area contributed by atoms with Gasteiger partial charge in [0.25, 0.3) is 0 Å². The molecule has 1 unspecified atom stereocenters. The number of halogens is 1. The Hall–Kier alpha value is -1.93. The zero-order chi connectivity index (χ0) is 13.8. The van der Waals surface area contributed by atoms with Crippen molar-refractivity contribution in [3.05, 3.63) is 35.1 Å². The minimum absolute atomic E-state index is 0.0226. The molecule has 0 aromatic heterocycles. The Bertz CT molecular complexity index is 520. The molecule has 1 aliphatic carbocycles. The number of benzene rings is 1. The minimum Gasteiger partial charge on any atom is -0.352 e. The van der Waals surface area contributed by atoms with Crippen molar-refractivity contribution in [1.82, 2.24) is 10.6 Å². The fourth-order valence-corrected chi connectivity index (χ4v) is 1.71. The van der Waals surface area contributed by atoms with Crippen molar-refractivity contribution in [2.24, 2.45) is 0 Å². The number of nitrogens with one attached hydrogen (secondary N) is 2. The maximum Gasteiger partial charge on any atom is 0.237 e. The van der Waals surface area contributed by atoms with Crippen molar-refractivity contribution in [1.29, 1.82) is 5.26 Å². The molecule has 0 aliphatic heterocycles. The van der Waals surface area contributed by atoms with Crippen LogP contribution in [0.5, 0.6) is 0 Å². The first-order valence-corrected chi connectivity index (χ1v) is 6.33. The average Bonchev–Trinajstić information content (AvgIpc) is 3.21. The van der Waals surface area contributed by atoms with Crippen molar-refractivity contribution in [2.75, 3.05) is 0 Å². The molecule has 2 N–H and O–H groups in total. The second kappa shape index (κ2) is 5.81. The lowest BCUT2D eigenvalue weighted by Gasteiger charge is -2.14. The van der Waals surface area contributed by atoms with Crippen molar-refractivity contribution in [3.8, 4) is 6.07 Å². The summed E-state index contributed by atoms with van der Waals surface area (Å²) >= 11 is 0. The molecule has 5 heteroatoms. The first kappa shape index (κ1) is 13.5. The van der Waals surface area contributed by atoms with Crippen molar-refractivity contribution < 1.29 is 9.18 Å². The quantitative estimate of drug-likeness (QED) is 0.843. The fraction of sp³-hybridized carbons (Fsp3) is 0.429.